The van der Waals surface area contributed by atoms with Crippen LogP contribution in [0.5, 0.6) is 0 Å². The van der Waals surface area contributed by atoms with Crippen molar-refractivity contribution < 1.29 is 22.4 Å². The highest BCUT2D eigenvalue weighted by molar-refractivity contribution is 5.90. The zero-order valence-corrected chi connectivity index (χ0v) is 16.8. The number of para-hydroxylation sites is 1. The minimum atomic E-state index is -4.55. The molecule has 0 atom stereocenters. The number of anilines is 2. The summed E-state index contributed by atoms with van der Waals surface area (Å²) in [6.07, 6.45) is -4.55. The van der Waals surface area contributed by atoms with E-state index in [0.29, 0.717) is 37.7 Å². The Morgan fingerprint density at radius 2 is 1.56 bits per heavy atom. The highest BCUT2D eigenvalue weighted by atomic mass is 19.4. The number of hydrogen-bond acceptors (Lipinski definition) is 4. The molecule has 1 fully saturated rings. The molecule has 2 amide bonds. The second kappa shape index (κ2) is 8.81. The van der Waals surface area contributed by atoms with Crippen molar-refractivity contribution in [3.63, 3.8) is 0 Å². The van der Waals surface area contributed by atoms with Gasteiger partial charge in [0.25, 0.3) is 0 Å². The lowest BCUT2D eigenvalue weighted by atomic mass is 10.1. The molecule has 0 saturated carbocycles. The molecule has 166 valence electrons. The predicted molar refractivity (Wildman–Crippen MR) is 112 cm³/mol. The number of nitrogens with one attached hydrogen (secondary N) is 1. The van der Waals surface area contributed by atoms with Crippen LogP contribution in [-0.2, 0) is 6.18 Å². The van der Waals surface area contributed by atoms with Gasteiger partial charge in [-0.15, -0.1) is 10.2 Å². The van der Waals surface area contributed by atoms with Gasteiger partial charge in [-0.25, -0.2) is 9.18 Å². The van der Waals surface area contributed by atoms with Gasteiger partial charge in [0.05, 0.1) is 16.9 Å². The molecule has 0 aliphatic carbocycles. The molecule has 0 unspecified atom stereocenters. The van der Waals surface area contributed by atoms with Crippen LogP contribution >= 0.6 is 0 Å². The number of alkyl halides is 3. The van der Waals surface area contributed by atoms with Crippen LogP contribution in [0, 0.1) is 5.82 Å². The number of nitrogens with zero attached hydrogens (tertiary/aromatic N) is 4. The standard InChI is InChI=1S/C22H19F4N5O/c23-16-7-5-15(6-8-16)18-9-10-20(29-28-18)30-11-13-31(14-12-30)21(32)27-19-4-2-1-3-17(19)22(24,25)26/h1-10H,11-14H2,(H,27,32). The number of carbonyl (C=O) groups excluding carboxylic acids is 1. The Balaban J connectivity index is 1.36. The van der Waals surface area contributed by atoms with Crippen LogP contribution in [0.25, 0.3) is 11.3 Å². The largest absolute Gasteiger partial charge is 0.418 e. The molecular formula is C22H19F4N5O. The van der Waals surface area contributed by atoms with Crippen LogP contribution in [0.15, 0.2) is 60.7 Å². The zero-order valence-electron chi connectivity index (χ0n) is 16.8. The smallest absolute Gasteiger partial charge is 0.352 e. The number of aromatic nitrogens is 2. The maximum Gasteiger partial charge on any atom is 0.418 e. The maximum atomic E-state index is 13.1. The van der Waals surface area contributed by atoms with Crippen molar-refractivity contribution in [1.82, 2.24) is 15.1 Å². The molecule has 3 aromatic rings. The summed E-state index contributed by atoms with van der Waals surface area (Å²) in [5.41, 5.74) is 0.194. The van der Waals surface area contributed by atoms with Crippen molar-refractivity contribution in [3.05, 3.63) is 72.0 Å². The summed E-state index contributed by atoms with van der Waals surface area (Å²) >= 11 is 0. The number of piperazine rings is 1. The van der Waals surface area contributed by atoms with Crippen molar-refractivity contribution in [2.45, 2.75) is 6.18 Å². The molecule has 1 aliphatic heterocycles. The van der Waals surface area contributed by atoms with Gasteiger partial charge in [0.15, 0.2) is 5.82 Å². The van der Waals surface area contributed by atoms with Gasteiger partial charge in [0, 0.05) is 31.7 Å². The SMILES string of the molecule is O=C(Nc1ccccc1C(F)(F)F)N1CCN(c2ccc(-c3ccc(F)cc3)nn2)CC1. The third-order valence-electron chi connectivity index (χ3n) is 5.16. The lowest BCUT2D eigenvalue weighted by Gasteiger charge is -2.35. The zero-order chi connectivity index (χ0) is 22.7. The van der Waals surface area contributed by atoms with Crippen LogP contribution in [-0.4, -0.2) is 47.3 Å². The Kier molecular flexibility index (Phi) is 5.93. The fourth-order valence-corrected chi connectivity index (χ4v) is 3.44. The summed E-state index contributed by atoms with van der Waals surface area (Å²) in [7, 11) is 0. The van der Waals surface area contributed by atoms with E-state index in [2.05, 4.69) is 15.5 Å². The Labute approximate surface area is 181 Å². The summed E-state index contributed by atoms with van der Waals surface area (Å²) in [6.45, 7) is 1.56. The van der Waals surface area contributed by atoms with Crippen molar-refractivity contribution >= 4 is 17.5 Å². The fraction of sp³-hybridized carbons (Fsp3) is 0.227. The van der Waals surface area contributed by atoms with Gasteiger partial charge < -0.3 is 15.1 Å². The Hall–Kier alpha value is -3.69. The van der Waals surface area contributed by atoms with E-state index in [0.717, 1.165) is 11.6 Å². The number of benzene rings is 2. The molecular weight excluding hydrogens is 426 g/mol. The third kappa shape index (κ3) is 4.79. The lowest BCUT2D eigenvalue weighted by Crippen LogP contribution is -2.50. The number of carbonyl (C=O) groups is 1. The van der Waals surface area contributed by atoms with Crippen molar-refractivity contribution in [1.29, 1.82) is 0 Å². The van der Waals surface area contributed by atoms with Crippen molar-refractivity contribution in [2.75, 3.05) is 36.4 Å². The number of halogens is 4. The maximum absolute atomic E-state index is 13.1. The Morgan fingerprint density at radius 3 is 2.19 bits per heavy atom. The summed E-state index contributed by atoms with van der Waals surface area (Å²) < 4.78 is 52.5. The molecule has 1 saturated heterocycles. The first-order valence-corrected chi connectivity index (χ1v) is 9.88. The highest BCUT2D eigenvalue weighted by Crippen LogP contribution is 2.34. The van der Waals surface area contributed by atoms with Crippen LogP contribution < -0.4 is 10.2 Å². The molecule has 6 nitrogen and oxygen atoms in total. The lowest BCUT2D eigenvalue weighted by molar-refractivity contribution is -0.136. The number of rotatable bonds is 3. The molecule has 32 heavy (non-hydrogen) atoms. The summed E-state index contributed by atoms with van der Waals surface area (Å²) in [6, 6.07) is 13.8. The van der Waals surface area contributed by atoms with E-state index in [1.54, 1.807) is 24.3 Å². The van der Waals surface area contributed by atoms with Crippen molar-refractivity contribution in [3.8, 4) is 11.3 Å². The first kappa shape index (κ1) is 21.5. The third-order valence-corrected chi connectivity index (χ3v) is 5.16. The molecule has 1 N–H and O–H groups in total. The van der Waals surface area contributed by atoms with E-state index in [9.17, 15) is 22.4 Å². The molecule has 0 bridgehead atoms. The molecule has 2 heterocycles. The Bertz CT molecular complexity index is 1080. The fourth-order valence-electron chi connectivity index (χ4n) is 3.44. The van der Waals surface area contributed by atoms with Crippen LogP contribution in [0.2, 0.25) is 0 Å². The summed E-state index contributed by atoms with van der Waals surface area (Å²) in [4.78, 5) is 15.9. The summed E-state index contributed by atoms with van der Waals surface area (Å²) in [5, 5.41) is 10.8. The van der Waals surface area contributed by atoms with E-state index in [4.69, 9.17) is 0 Å². The first-order chi connectivity index (χ1) is 15.3. The van der Waals surface area contributed by atoms with Gasteiger partial charge in [0.2, 0.25) is 0 Å². The van der Waals surface area contributed by atoms with Gasteiger partial charge in [-0.2, -0.15) is 13.2 Å². The van der Waals surface area contributed by atoms with Crippen molar-refractivity contribution in [2.24, 2.45) is 0 Å². The molecule has 0 spiro atoms. The minimum absolute atomic E-state index is 0.269. The van der Waals surface area contributed by atoms with Gasteiger partial charge in [-0.3, -0.25) is 0 Å². The Morgan fingerprint density at radius 1 is 0.875 bits per heavy atom. The normalized spacial score (nSPS) is 14.4. The number of amides is 2. The van der Waals surface area contributed by atoms with Crippen LogP contribution in [0.4, 0.5) is 33.9 Å². The predicted octanol–water partition coefficient (Wildman–Crippen LogP) is 4.66. The minimum Gasteiger partial charge on any atom is -0.352 e. The average Bonchev–Trinajstić information content (AvgIpc) is 2.79. The van der Waals surface area contributed by atoms with Gasteiger partial charge in [0.1, 0.15) is 5.82 Å². The van der Waals surface area contributed by atoms with E-state index < -0.39 is 17.8 Å². The van der Waals surface area contributed by atoms with E-state index in [1.165, 1.54) is 35.2 Å². The second-order valence-electron chi connectivity index (χ2n) is 7.23. The van der Waals surface area contributed by atoms with E-state index >= 15 is 0 Å². The first-order valence-electron chi connectivity index (χ1n) is 9.88. The average molecular weight is 445 g/mol. The highest BCUT2D eigenvalue weighted by Gasteiger charge is 2.34. The molecule has 10 heteroatoms. The quantitative estimate of drug-likeness (QED) is 0.596. The molecule has 1 aromatic heterocycles. The van der Waals surface area contributed by atoms with Crippen LogP contribution in [0.3, 0.4) is 0 Å². The van der Waals surface area contributed by atoms with Crippen LogP contribution in [0.1, 0.15) is 5.56 Å². The van der Waals surface area contributed by atoms with Gasteiger partial charge >= 0.3 is 12.2 Å². The molecule has 2 aromatic carbocycles. The second-order valence-corrected chi connectivity index (χ2v) is 7.23. The molecule has 4 rings (SSSR count). The van der Waals surface area contributed by atoms with Gasteiger partial charge in [-0.05, 0) is 48.5 Å². The number of hydrogen-bond donors (Lipinski definition) is 1. The molecule has 1 aliphatic rings. The molecule has 0 radical (unpaired) electrons. The van der Waals surface area contributed by atoms with E-state index in [1.807, 2.05) is 4.90 Å². The van der Waals surface area contributed by atoms with Gasteiger partial charge in [-0.1, -0.05) is 12.1 Å². The number of urea groups is 1. The summed E-state index contributed by atoms with van der Waals surface area (Å²) in [5.74, 6) is 0.292. The topological polar surface area (TPSA) is 61.4 Å². The monoisotopic (exact) mass is 445 g/mol. The van der Waals surface area contributed by atoms with E-state index in [-0.39, 0.29) is 11.5 Å².